The average Bonchev–Trinajstić information content (AvgIpc) is 2.86. The molecule has 2 aromatic carbocycles. The second kappa shape index (κ2) is 7.78. The Kier molecular flexibility index (Phi) is 5.75. The number of hydrogen-bond donors (Lipinski definition) is 1. The number of anilines is 1. The molecule has 0 bridgehead atoms. The number of nitrogens with zero attached hydrogens (tertiary/aromatic N) is 2. The Labute approximate surface area is 175 Å². The van der Waals surface area contributed by atoms with Gasteiger partial charge in [0.25, 0.3) is 10.0 Å². The van der Waals surface area contributed by atoms with Gasteiger partial charge in [0, 0.05) is 10.0 Å². The molecule has 5 nitrogen and oxygen atoms in total. The molecule has 1 N–H and O–H groups in total. The Hall–Kier alpha value is -2.02. The Balaban J connectivity index is 1.95. The summed E-state index contributed by atoms with van der Waals surface area (Å²) in [4.78, 5) is 0.264. The highest BCUT2D eigenvalue weighted by Gasteiger charge is 2.22. The highest BCUT2D eigenvalue weighted by atomic mass is 35.5. The predicted molar refractivity (Wildman–Crippen MR) is 114 cm³/mol. The molecule has 8 heteroatoms. The molecule has 0 aliphatic carbocycles. The quantitative estimate of drug-likeness (QED) is 0.590. The fraction of sp³-hybridized carbons (Fsp3) is 0.250. The van der Waals surface area contributed by atoms with E-state index in [0.717, 1.165) is 11.1 Å². The van der Waals surface area contributed by atoms with Crippen molar-refractivity contribution in [2.75, 3.05) is 4.72 Å². The van der Waals surface area contributed by atoms with E-state index < -0.39 is 10.0 Å². The van der Waals surface area contributed by atoms with E-state index in [0.29, 0.717) is 39.2 Å². The summed E-state index contributed by atoms with van der Waals surface area (Å²) < 4.78 is 30.3. The largest absolute Gasteiger partial charge is 0.276 e. The lowest BCUT2D eigenvalue weighted by atomic mass is 10.2. The first kappa shape index (κ1) is 20.7. The first-order valence-corrected chi connectivity index (χ1v) is 10.9. The molecular weight excluding hydrogens is 417 g/mol. The highest BCUT2D eigenvalue weighted by Crippen LogP contribution is 2.27. The summed E-state index contributed by atoms with van der Waals surface area (Å²) in [7, 11) is -3.73. The second-order valence-corrected chi connectivity index (χ2v) is 9.31. The van der Waals surface area contributed by atoms with E-state index in [9.17, 15) is 8.42 Å². The molecule has 0 atom stereocenters. The molecule has 0 amide bonds. The minimum Gasteiger partial charge on any atom is -0.276 e. The fourth-order valence-electron chi connectivity index (χ4n) is 3.00. The van der Waals surface area contributed by atoms with E-state index >= 15 is 0 Å². The Bertz CT molecular complexity index is 1150. The van der Waals surface area contributed by atoms with Crippen LogP contribution in [0.4, 0.5) is 5.69 Å². The Morgan fingerprint density at radius 3 is 2.43 bits per heavy atom. The minimum absolute atomic E-state index is 0.264. The van der Waals surface area contributed by atoms with Crippen LogP contribution in [0.15, 0.2) is 41.3 Å². The molecule has 0 spiro atoms. The average molecular weight is 438 g/mol. The molecule has 28 heavy (non-hydrogen) atoms. The maximum atomic E-state index is 13.0. The molecule has 0 unspecified atom stereocenters. The number of halogens is 2. The van der Waals surface area contributed by atoms with Crippen molar-refractivity contribution in [3.8, 4) is 0 Å². The molecule has 0 fully saturated rings. The van der Waals surface area contributed by atoms with E-state index in [4.69, 9.17) is 23.2 Å². The molecule has 148 valence electrons. The zero-order chi connectivity index (χ0) is 20.6. The zero-order valence-corrected chi connectivity index (χ0v) is 18.4. The van der Waals surface area contributed by atoms with Crippen LogP contribution in [0.3, 0.4) is 0 Å². The van der Waals surface area contributed by atoms with Crippen molar-refractivity contribution >= 4 is 38.9 Å². The fourth-order valence-corrected chi connectivity index (χ4v) is 4.97. The topological polar surface area (TPSA) is 64.0 Å². The van der Waals surface area contributed by atoms with Crippen molar-refractivity contribution in [2.24, 2.45) is 0 Å². The molecule has 3 rings (SSSR count). The van der Waals surface area contributed by atoms with Gasteiger partial charge in [-0.1, -0.05) is 41.4 Å². The summed E-state index contributed by atoms with van der Waals surface area (Å²) in [5.74, 6) is 0. The zero-order valence-electron chi connectivity index (χ0n) is 16.0. The van der Waals surface area contributed by atoms with Crippen LogP contribution in [-0.2, 0) is 16.6 Å². The van der Waals surface area contributed by atoms with Gasteiger partial charge in [-0.3, -0.25) is 9.40 Å². The maximum Gasteiger partial charge on any atom is 0.262 e. The van der Waals surface area contributed by atoms with E-state index in [1.54, 1.807) is 42.8 Å². The van der Waals surface area contributed by atoms with Crippen LogP contribution < -0.4 is 4.72 Å². The molecule has 0 aliphatic rings. The van der Waals surface area contributed by atoms with Gasteiger partial charge >= 0.3 is 0 Å². The number of hydrogen-bond acceptors (Lipinski definition) is 3. The number of aryl methyl sites for hydroxylation is 3. The second-order valence-electron chi connectivity index (χ2n) is 6.81. The van der Waals surface area contributed by atoms with Crippen LogP contribution in [0.25, 0.3) is 0 Å². The molecule has 0 radical (unpaired) electrons. The lowest BCUT2D eigenvalue weighted by Gasteiger charge is -2.12. The molecule has 1 aromatic heterocycles. The molecule has 0 saturated carbocycles. The van der Waals surface area contributed by atoms with Crippen LogP contribution in [0.5, 0.6) is 0 Å². The Morgan fingerprint density at radius 2 is 1.75 bits per heavy atom. The van der Waals surface area contributed by atoms with Gasteiger partial charge in [0.05, 0.1) is 28.5 Å². The Morgan fingerprint density at radius 1 is 1.04 bits per heavy atom. The third-order valence-electron chi connectivity index (χ3n) is 4.59. The first-order chi connectivity index (χ1) is 13.1. The number of sulfonamides is 1. The van der Waals surface area contributed by atoms with E-state index in [2.05, 4.69) is 9.82 Å². The standard InChI is InChI=1S/C20H21Cl2N3O2S/c1-12-5-6-13(2)19(9-12)28(26,27)24-20-14(3)23-25(15(20)4)11-16-7-8-17(21)10-18(16)22/h5-10,24H,11H2,1-4H3. The van der Waals surface area contributed by atoms with Crippen LogP contribution in [-0.4, -0.2) is 18.2 Å². The molecule has 3 aromatic rings. The van der Waals surface area contributed by atoms with Gasteiger partial charge < -0.3 is 0 Å². The normalized spacial score (nSPS) is 11.6. The van der Waals surface area contributed by atoms with Gasteiger partial charge in [-0.15, -0.1) is 0 Å². The molecule has 0 aliphatic heterocycles. The lowest BCUT2D eigenvalue weighted by Crippen LogP contribution is -2.15. The summed E-state index contributed by atoms with van der Waals surface area (Å²) in [5, 5.41) is 5.58. The van der Waals surface area contributed by atoms with Crippen molar-refractivity contribution in [1.82, 2.24) is 9.78 Å². The number of nitrogens with one attached hydrogen (secondary N) is 1. The monoisotopic (exact) mass is 437 g/mol. The van der Waals surface area contributed by atoms with E-state index in [1.807, 2.05) is 26.0 Å². The van der Waals surface area contributed by atoms with Crippen molar-refractivity contribution < 1.29 is 8.42 Å². The summed E-state index contributed by atoms with van der Waals surface area (Å²) >= 11 is 12.2. The van der Waals surface area contributed by atoms with Crippen molar-refractivity contribution in [1.29, 1.82) is 0 Å². The van der Waals surface area contributed by atoms with Gasteiger partial charge in [-0.25, -0.2) is 8.42 Å². The molecule has 1 heterocycles. The van der Waals surface area contributed by atoms with Crippen molar-refractivity contribution in [2.45, 2.75) is 39.1 Å². The number of benzene rings is 2. The molecular formula is C20H21Cl2N3O2S. The van der Waals surface area contributed by atoms with E-state index in [-0.39, 0.29) is 4.90 Å². The number of rotatable bonds is 5. The highest BCUT2D eigenvalue weighted by molar-refractivity contribution is 7.92. The van der Waals surface area contributed by atoms with Crippen molar-refractivity contribution in [3.63, 3.8) is 0 Å². The summed E-state index contributed by atoms with van der Waals surface area (Å²) in [6, 6.07) is 10.6. The summed E-state index contributed by atoms with van der Waals surface area (Å²) in [5.41, 5.74) is 4.20. The number of aromatic nitrogens is 2. The molecule has 0 saturated heterocycles. The third-order valence-corrected chi connectivity index (χ3v) is 6.66. The van der Waals surface area contributed by atoms with Gasteiger partial charge in [0.1, 0.15) is 0 Å². The van der Waals surface area contributed by atoms with Crippen molar-refractivity contribution in [3.05, 3.63) is 74.5 Å². The maximum absolute atomic E-state index is 13.0. The smallest absolute Gasteiger partial charge is 0.262 e. The lowest BCUT2D eigenvalue weighted by molar-refractivity contribution is 0.600. The van der Waals surface area contributed by atoms with Gasteiger partial charge in [-0.05, 0) is 62.6 Å². The SMILES string of the molecule is Cc1ccc(C)c(S(=O)(=O)Nc2c(C)nn(Cc3ccc(Cl)cc3Cl)c2C)c1. The predicted octanol–water partition coefficient (Wildman–Crippen LogP) is 5.27. The van der Waals surface area contributed by atoms with Crippen LogP contribution in [0.1, 0.15) is 28.1 Å². The third kappa shape index (κ3) is 4.19. The van der Waals surface area contributed by atoms with Gasteiger partial charge in [0.15, 0.2) is 0 Å². The van der Waals surface area contributed by atoms with E-state index in [1.165, 1.54) is 0 Å². The van der Waals surface area contributed by atoms with Gasteiger partial charge in [0.2, 0.25) is 0 Å². The van der Waals surface area contributed by atoms with Crippen LogP contribution >= 0.6 is 23.2 Å². The first-order valence-electron chi connectivity index (χ1n) is 8.66. The minimum atomic E-state index is -3.73. The van der Waals surface area contributed by atoms with Gasteiger partial charge in [-0.2, -0.15) is 5.10 Å². The van der Waals surface area contributed by atoms with Crippen LogP contribution in [0.2, 0.25) is 10.0 Å². The summed E-state index contributed by atoms with van der Waals surface area (Å²) in [6.07, 6.45) is 0. The van der Waals surface area contributed by atoms with Crippen LogP contribution in [0, 0.1) is 27.7 Å². The summed E-state index contributed by atoms with van der Waals surface area (Å²) in [6.45, 7) is 7.65.